The maximum atomic E-state index is 8.96. The van der Waals surface area contributed by atoms with Crippen LogP contribution in [0.25, 0.3) is 10.9 Å². The highest BCUT2D eigenvalue weighted by atomic mass is 16.3. The van der Waals surface area contributed by atoms with E-state index < -0.39 is 0 Å². The lowest BCUT2D eigenvalue weighted by Gasteiger charge is -2.13. The van der Waals surface area contributed by atoms with Crippen LogP contribution in [0.5, 0.6) is 0 Å². The number of rotatable bonds is 9. The van der Waals surface area contributed by atoms with Crippen molar-refractivity contribution >= 4 is 39.9 Å². The third kappa shape index (κ3) is 5.13. The molecule has 4 rings (SSSR count). The molecule has 0 saturated heterocycles. The van der Waals surface area contributed by atoms with E-state index in [1.54, 1.807) is 18.6 Å². The van der Waals surface area contributed by atoms with Gasteiger partial charge in [0.05, 0.1) is 18.3 Å². The zero-order valence-corrected chi connectivity index (χ0v) is 16.7. The molecule has 0 unspecified atom stereocenters. The van der Waals surface area contributed by atoms with Crippen LogP contribution in [0.2, 0.25) is 0 Å². The molecule has 1 aromatic carbocycles. The van der Waals surface area contributed by atoms with Gasteiger partial charge in [-0.1, -0.05) is 12.1 Å². The van der Waals surface area contributed by atoms with E-state index in [0.29, 0.717) is 36.4 Å². The first-order valence-electron chi connectivity index (χ1n) is 9.74. The van der Waals surface area contributed by atoms with Gasteiger partial charge in [0.1, 0.15) is 5.82 Å². The zero-order valence-electron chi connectivity index (χ0n) is 16.7. The summed E-state index contributed by atoms with van der Waals surface area (Å²) in [4.78, 5) is 17.5. The number of hydrogen-bond donors (Lipinski definition) is 6. The van der Waals surface area contributed by atoms with Crippen LogP contribution in [0.3, 0.4) is 0 Å². The number of nitrogen functional groups attached to an aromatic ring is 1. The molecule has 0 radical (unpaired) electrons. The van der Waals surface area contributed by atoms with Crippen molar-refractivity contribution in [1.82, 2.24) is 19.9 Å². The smallest absolute Gasteiger partial charge is 0.183 e. The van der Waals surface area contributed by atoms with E-state index in [1.807, 2.05) is 36.4 Å². The van der Waals surface area contributed by atoms with Crippen molar-refractivity contribution in [1.29, 1.82) is 0 Å². The number of fused-ring (bicyclic) bond motifs is 1. The van der Waals surface area contributed by atoms with Crippen molar-refractivity contribution in [3.8, 4) is 0 Å². The summed E-state index contributed by atoms with van der Waals surface area (Å²) in [7, 11) is 0. The summed E-state index contributed by atoms with van der Waals surface area (Å²) in [5, 5.41) is 19.5. The summed E-state index contributed by atoms with van der Waals surface area (Å²) in [5.41, 5.74) is 5.42. The highest BCUT2D eigenvalue weighted by Gasteiger charge is 2.08. The minimum Gasteiger partial charge on any atom is -0.395 e. The maximum Gasteiger partial charge on any atom is 0.183 e. The third-order valence-electron chi connectivity index (χ3n) is 4.49. The van der Waals surface area contributed by atoms with Gasteiger partial charge in [0, 0.05) is 42.6 Å². The number of pyridine rings is 2. The van der Waals surface area contributed by atoms with Crippen LogP contribution in [0, 0.1) is 0 Å². The van der Waals surface area contributed by atoms with E-state index in [9.17, 15) is 0 Å². The molecule has 0 aliphatic rings. The molecule has 0 atom stereocenters. The third-order valence-corrected chi connectivity index (χ3v) is 4.49. The Labute approximate surface area is 179 Å². The molecule has 0 amide bonds. The van der Waals surface area contributed by atoms with Gasteiger partial charge in [-0.3, -0.25) is 4.98 Å². The van der Waals surface area contributed by atoms with Crippen LogP contribution >= 0.6 is 0 Å². The van der Waals surface area contributed by atoms with Gasteiger partial charge in [0.25, 0.3) is 0 Å². The van der Waals surface area contributed by atoms with E-state index in [4.69, 9.17) is 10.9 Å². The molecule has 0 bridgehead atoms. The molecule has 31 heavy (non-hydrogen) atoms. The minimum atomic E-state index is 0.0485. The number of hydrogen-bond acceptors (Lipinski definition) is 10. The van der Waals surface area contributed by atoms with Crippen LogP contribution in [0.4, 0.5) is 29.0 Å². The van der Waals surface area contributed by atoms with Gasteiger partial charge < -0.3 is 26.5 Å². The molecule has 3 aromatic heterocycles. The van der Waals surface area contributed by atoms with Gasteiger partial charge in [0.2, 0.25) is 0 Å². The molecule has 158 valence electrons. The lowest BCUT2D eigenvalue weighted by molar-refractivity contribution is 0.311. The van der Waals surface area contributed by atoms with Gasteiger partial charge in [-0.05, 0) is 29.8 Å². The average Bonchev–Trinajstić information content (AvgIpc) is 2.81. The van der Waals surface area contributed by atoms with Gasteiger partial charge >= 0.3 is 0 Å². The quantitative estimate of drug-likeness (QED) is 0.177. The van der Waals surface area contributed by atoms with Crippen LogP contribution in [0.15, 0.2) is 61.1 Å². The average molecular weight is 417 g/mol. The van der Waals surface area contributed by atoms with Crippen molar-refractivity contribution in [2.75, 3.05) is 34.5 Å². The van der Waals surface area contributed by atoms with Gasteiger partial charge in [0.15, 0.2) is 17.5 Å². The Balaban J connectivity index is 1.49. The largest absolute Gasteiger partial charge is 0.395 e. The Morgan fingerprint density at radius 3 is 2.71 bits per heavy atom. The number of benzene rings is 1. The number of hydrazine groups is 1. The number of anilines is 5. The van der Waals surface area contributed by atoms with E-state index >= 15 is 0 Å². The summed E-state index contributed by atoms with van der Waals surface area (Å²) in [6, 6.07) is 13.7. The highest BCUT2D eigenvalue weighted by molar-refractivity contribution is 5.79. The molecule has 3 heterocycles. The Hall–Kier alpha value is -4.02. The van der Waals surface area contributed by atoms with E-state index in [1.165, 1.54) is 0 Å². The molecule has 7 N–H and O–H groups in total. The molecule has 0 aliphatic heterocycles. The molecule has 0 spiro atoms. The number of aliphatic hydroxyl groups excluding tert-OH is 1. The first-order chi connectivity index (χ1) is 15.2. The molecule has 10 heteroatoms. The summed E-state index contributed by atoms with van der Waals surface area (Å²) < 4.78 is 0. The van der Waals surface area contributed by atoms with Crippen LogP contribution < -0.4 is 27.2 Å². The Bertz CT molecular complexity index is 1170. The first kappa shape index (κ1) is 20.3. The predicted molar refractivity (Wildman–Crippen MR) is 122 cm³/mol. The SMILES string of the molecule is NNc1ncc(Nc2cc(NCCO)ccn2)nc1NCc1ccc2ncccc2c1. The fourth-order valence-corrected chi connectivity index (χ4v) is 3.04. The molecule has 10 nitrogen and oxygen atoms in total. The molecule has 0 aliphatic carbocycles. The fraction of sp³-hybridized carbons (Fsp3) is 0.143. The van der Waals surface area contributed by atoms with Crippen molar-refractivity contribution in [3.63, 3.8) is 0 Å². The number of nitrogens with two attached hydrogens (primary N) is 1. The molecule has 0 saturated carbocycles. The van der Waals surface area contributed by atoms with Crippen LogP contribution in [-0.2, 0) is 6.54 Å². The predicted octanol–water partition coefficient (Wildman–Crippen LogP) is 2.47. The van der Waals surface area contributed by atoms with E-state index in [0.717, 1.165) is 22.2 Å². The number of nitrogens with one attached hydrogen (secondary N) is 4. The summed E-state index contributed by atoms with van der Waals surface area (Å²) in [5.74, 6) is 7.64. The van der Waals surface area contributed by atoms with Gasteiger partial charge in [-0.25, -0.2) is 20.8 Å². The summed E-state index contributed by atoms with van der Waals surface area (Å²) >= 11 is 0. The topological polar surface area (TPSA) is 146 Å². The first-order valence-corrected chi connectivity index (χ1v) is 9.74. The summed E-state index contributed by atoms with van der Waals surface area (Å²) in [6.07, 6.45) is 5.01. The standard InChI is InChI=1S/C21H23N9O/c22-30-21-20(26-12-14-3-4-17-15(10-14)2-1-6-24-17)29-19(13-27-21)28-18-11-16(5-7-25-18)23-8-9-31/h1-7,10-11,13,31H,8-9,12,22H2,(H,27,30)(H3,23,25,26,28,29). The molecular weight excluding hydrogens is 394 g/mol. The van der Waals surface area contributed by atoms with E-state index in [2.05, 4.69) is 47.4 Å². The van der Waals surface area contributed by atoms with Crippen molar-refractivity contribution in [2.24, 2.45) is 5.84 Å². The maximum absolute atomic E-state index is 8.96. The number of nitrogens with zero attached hydrogens (tertiary/aromatic N) is 4. The lowest BCUT2D eigenvalue weighted by Crippen LogP contribution is -2.14. The van der Waals surface area contributed by atoms with Gasteiger partial charge in [-0.2, -0.15) is 0 Å². The van der Waals surface area contributed by atoms with Crippen molar-refractivity contribution in [2.45, 2.75) is 6.54 Å². The Morgan fingerprint density at radius 2 is 1.84 bits per heavy atom. The Morgan fingerprint density at radius 1 is 0.903 bits per heavy atom. The Kier molecular flexibility index (Phi) is 6.31. The second-order valence-corrected chi connectivity index (χ2v) is 6.69. The lowest BCUT2D eigenvalue weighted by atomic mass is 10.1. The van der Waals surface area contributed by atoms with Crippen LogP contribution in [0.1, 0.15) is 5.56 Å². The van der Waals surface area contributed by atoms with Crippen molar-refractivity contribution < 1.29 is 5.11 Å². The second-order valence-electron chi connectivity index (χ2n) is 6.69. The monoisotopic (exact) mass is 417 g/mol. The molecule has 0 fully saturated rings. The normalized spacial score (nSPS) is 10.6. The van der Waals surface area contributed by atoms with Gasteiger partial charge in [-0.15, -0.1) is 0 Å². The summed E-state index contributed by atoms with van der Waals surface area (Å²) in [6.45, 7) is 1.04. The highest BCUT2D eigenvalue weighted by Crippen LogP contribution is 2.22. The van der Waals surface area contributed by atoms with E-state index in [-0.39, 0.29) is 6.61 Å². The van der Waals surface area contributed by atoms with Crippen molar-refractivity contribution in [3.05, 3.63) is 66.6 Å². The molecule has 4 aromatic rings. The molecular formula is C21H23N9O. The minimum absolute atomic E-state index is 0.0485. The fourth-order valence-electron chi connectivity index (χ4n) is 3.04. The number of aliphatic hydroxyl groups is 1. The zero-order chi connectivity index (χ0) is 21.5. The van der Waals surface area contributed by atoms with Crippen LogP contribution in [-0.4, -0.2) is 38.2 Å². The number of aromatic nitrogens is 4. The second kappa shape index (κ2) is 9.65.